The molecule has 0 saturated carbocycles. The fourth-order valence-electron chi connectivity index (χ4n) is 3.61. The molecule has 4 rings (SSSR count). The van der Waals surface area contributed by atoms with Gasteiger partial charge in [-0.15, -0.1) is 11.8 Å². The van der Waals surface area contributed by atoms with E-state index in [9.17, 15) is 14.4 Å². The summed E-state index contributed by atoms with van der Waals surface area (Å²) in [5, 5.41) is -0.280. The third-order valence-electron chi connectivity index (χ3n) is 5.15. The highest BCUT2D eigenvalue weighted by atomic mass is 79.9. The molecule has 1 saturated heterocycles. The molecule has 1 fully saturated rings. The summed E-state index contributed by atoms with van der Waals surface area (Å²) in [6.07, 6.45) is -0.650. The lowest BCUT2D eigenvalue weighted by atomic mass is 10.0. The van der Waals surface area contributed by atoms with Gasteiger partial charge in [0.05, 0.1) is 5.57 Å². The number of hydrogen-bond acceptors (Lipinski definition) is 6. The molecule has 8 heteroatoms. The van der Waals surface area contributed by atoms with E-state index >= 15 is 0 Å². The second kappa shape index (κ2) is 9.75. The van der Waals surface area contributed by atoms with Crippen LogP contribution in [0, 0.1) is 0 Å². The maximum absolute atomic E-state index is 13.5. The van der Waals surface area contributed by atoms with Crippen LogP contribution in [0.2, 0.25) is 0 Å². The SMILES string of the molecule is CC(=O)OCC1=C(C(=O)OC(c2ccccc2)c2ccccc2)N2C(=O)/C(=C\Br)C2SC1. The molecule has 1 unspecified atom stereocenters. The van der Waals surface area contributed by atoms with E-state index < -0.39 is 18.0 Å². The molecule has 0 aliphatic carbocycles. The lowest BCUT2D eigenvalue weighted by Gasteiger charge is -2.46. The number of carbonyl (C=O) groups excluding carboxylic acids is 3. The molecule has 2 aliphatic rings. The number of halogens is 1. The van der Waals surface area contributed by atoms with Crippen molar-refractivity contribution in [2.24, 2.45) is 0 Å². The summed E-state index contributed by atoms with van der Waals surface area (Å²) in [5.41, 5.74) is 2.90. The fraction of sp³-hybridized carbons (Fsp3) is 0.208. The molecule has 164 valence electrons. The van der Waals surface area contributed by atoms with Crippen molar-refractivity contribution in [2.75, 3.05) is 12.4 Å². The van der Waals surface area contributed by atoms with Crippen LogP contribution in [0.4, 0.5) is 0 Å². The molecule has 0 N–H and O–H groups in total. The van der Waals surface area contributed by atoms with E-state index in [0.717, 1.165) is 11.1 Å². The summed E-state index contributed by atoms with van der Waals surface area (Å²) in [4.78, 5) is 40.6. The quantitative estimate of drug-likeness (QED) is 0.325. The zero-order chi connectivity index (χ0) is 22.7. The highest BCUT2D eigenvalue weighted by Crippen LogP contribution is 2.44. The van der Waals surface area contributed by atoms with E-state index in [4.69, 9.17) is 9.47 Å². The van der Waals surface area contributed by atoms with Crippen LogP contribution in [-0.2, 0) is 23.9 Å². The predicted octanol–water partition coefficient (Wildman–Crippen LogP) is 4.33. The van der Waals surface area contributed by atoms with E-state index in [1.807, 2.05) is 60.7 Å². The Kier molecular flexibility index (Phi) is 6.81. The van der Waals surface area contributed by atoms with Crippen LogP contribution in [0.1, 0.15) is 24.2 Å². The number of hydrogen-bond donors (Lipinski definition) is 0. The van der Waals surface area contributed by atoms with Gasteiger partial charge in [-0.25, -0.2) is 4.79 Å². The molecule has 1 atom stereocenters. The van der Waals surface area contributed by atoms with Crippen LogP contribution >= 0.6 is 27.7 Å². The Bertz CT molecular complexity index is 1060. The van der Waals surface area contributed by atoms with Crippen molar-refractivity contribution in [2.45, 2.75) is 18.4 Å². The largest absolute Gasteiger partial charge is 0.461 e. The van der Waals surface area contributed by atoms with Gasteiger partial charge in [0.25, 0.3) is 5.91 Å². The molecule has 32 heavy (non-hydrogen) atoms. The first-order chi connectivity index (χ1) is 15.5. The summed E-state index contributed by atoms with van der Waals surface area (Å²) in [6, 6.07) is 18.9. The summed E-state index contributed by atoms with van der Waals surface area (Å²) in [5.74, 6) is -0.920. The predicted molar refractivity (Wildman–Crippen MR) is 125 cm³/mol. The maximum atomic E-state index is 13.5. The minimum atomic E-state index is -0.650. The summed E-state index contributed by atoms with van der Waals surface area (Å²) in [7, 11) is 0. The van der Waals surface area contributed by atoms with Gasteiger partial charge in [0, 0.05) is 18.2 Å². The van der Waals surface area contributed by atoms with E-state index in [2.05, 4.69) is 15.9 Å². The van der Waals surface area contributed by atoms with Crippen LogP contribution in [0.5, 0.6) is 0 Å². The number of thioether (sulfide) groups is 1. The standard InChI is InChI=1S/C24H20BrNO5S/c1-15(27)30-13-18-14-32-23-19(12-25)22(28)26(23)20(18)24(29)31-21(16-8-4-2-5-9-16)17-10-6-3-7-11-17/h2-12,21,23H,13-14H2,1H3/b19-12+. The summed E-state index contributed by atoms with van der Waals surface area (Å²) >= 11 is 4.72. The van der Waals surface area contributed by atoms with Gasteiger partial charge >= 0.3 is 11.9 Å². The Morgan fingerprint density at radius 2 is 1.72 bits per heavy atom. The summed E-state index contributed by atoms with van der Waals surface area (Å²) in [6.45, 7) is 1.23. The zero-order valence-corrected chi connectivity index (χ0v) is 19.6. The number of β-lactam (4-membered cyclic amide) rings is 1. The Labute approximate surface area is 198 Å². The van der Waals surface area contributed by atoms with E-state index in [0.29, 0.717) is 16.9 Å². The molecule has 0 aromatic heterocycles. The summed E-state index contributed by atoms with van der Waals surface area (Å²) < 4.78 is 11.1. The molecular formula is C24H20BrNO5S. The zero-order valence-electron chi connectivity index (χ0n) is 17.2. The van der Waals surface area contributed by atoms with Crippen molar-refractivity contribution in [1.82, 2.24) is 4.90 Å². The Morgan fingerprint density at radius 3 is 2.25 bits per heavy atom. The van der Waals surface area contributed by atoms with Crippen molar-refractivity contribution in [3.8, 4) is 0 Å². The Balaban J connectivity index is 1.70. The second-order valence-corrected chi connectivity index (χ2v) is 8.77. The van der Waals surface area contributed by atoms with E-state index in [1.54, 1.807) is 4.99 Å². The highest BCUT2D eigenvalue weighted by Gasteiger charge is 2.50. The van der Waals surface area contributed by atoms with Gasteiger partial charge in [-0.2, -0.15) is 0 Å². The van der Waals surface area contributed by atoms with Gasteiger partial charge in [0.15, 0.2) is 6.10 Å². The van der Waals surface area contributed by atoms with Crippen LogP contribution in [-0.4, -0.2) is 40.5 Å². The Hall–Kier alpha value is -2.84. The van der Waals surface area contributed by atoms with Gasteiger partial charge < -0.3 is 9.47 Å². The molecule has 1 amide bonds. The molecule has 2 heterocycles. The first kappa shape index (κ1) is 22.4. The van der Waals surface area contributed by atoms with Crippen molar-refractivity contribution in [3.05, 3.63) is 93.6 Å². The first-order valence-electron chi connectivity index (χ1n) is 9.93. The van der Waals surface area contributed by atoms with E-state index in [-0.39, 0.29) is 23.6 Å². The van der Waals surface area contributed by atoms with E-state index in [1.165, 1.54) is 23.6 Å². The van der Waals surface area contributed by atoms with Gasteiger partial charge in [0.1, 0.15) is 17.7 Å². The van der Waals surface area contributed by atoms with Gasteiger partial charge in [-0.3, -0.25) is 14.5 Å². The third-order valence-corrected chi connectivity index (χ3v) is 6.94. The first-order valence-corrected chi connectivity index (χ1v) is 11.9. The van der Waals surface area contributed by atoms with Gasteiger partial charge in [-0.05, 0) is 16.1 Å². The number of esters is 2. The Morgan fingerprint density at radius 1 is 1.12 bits per heavy atom. The van der Waals surface area contributed by atoms with Crippen LogP contribution in [0.15, 0.2) is 82.5 Å². The van der Waals surface area contributed by atoms with Crippen LogP contribution < -0.4 is 0 Å². The maximum Gasteiger partial charge on any atom is 0.356 e. The number of ether oxygens (including phenoxy) is 2. The molecule has 0 spiro atoms. The van der Waals surface area contributed by atoms with Crippen LogP contribution in [0.3, 0.4) is 0 Å². The number of rotatable bonds is 6. The number of fused-ring (bicyclic) bond motifs is 1. The number of benzene rings is 2. The third kappa shape index (κ3) is 4.38. The normalized spacial score (nSPS) is 19.0. The minimum Gasteiger partial charge on any atom is -0.461 e. The average molecular weight is 514 g/mol. The van der Waals surface area contributed by atoms with Gasteiger partial charge in [-0.1, -0.05) is 76.6 Å². The molecule has 6 nitrogen and oxygen atoms in total. The molecule has 2 aromatic rings. The number of nitrogens with zero attached hydrogens (tertiary/aromatic N) is 1. The monoisotopic (exact) mass is 513 g/mol. The van der Waals surface area contributed by atoms with Crippen LogP contribution in [0.25, 0.3) is 0 Å². The smallest absolute Gasteiger partial charge is 0.356 e. The molecular weight excluding hydrogens is 494 g/mol. The molecule has 2 aromatic carbocycles. The van der Waals surface area contributed by atoms with Crippen molar-refractivity contribution in [3.63, 3.8) is 0 Å². The van der Waals surface area contributed by atoms with Crippen molar-refractivity contribution < 1.29 is 23.9 Å². The fourth-order valence-corrected chi connectivity index (χ4v) is 5.51. The lowest BCUT2D eigenvalue weighted by molar-refractivity contribution is -0.149. The highest BCUT2D eigenvalue weighted by molar-refractivity contribution is 9.11. The lowest BCUT2D eigenvalue weighted by Crippen LogP contribution is -2.56. The number of amides is 1. The van der Waals surface area contributed by atoms with Crippen molar-refractivity contribution in [1.29, 1.82) is 0 Å². The topological polar surface area (TPSA) is 72.9 Å². The second-order valence-electron chi connectivity index (χ2n) is 7.24. The average Bonchev–Trinajstić information content (AvgIpc) is 2.81. The molecule has 0 radical (unpaired) electrons. The number of carbonyl (C=O) groups is 3. The molecule has 2 aliphatic heterocycles. The van der Waals surface area contributed by atoms with Crippen molar-refractivity contribution >= 4 is 45.5 Å². The van der Waals surface area contributed by atoms with Gasteiger partial charge in [0.2, 0.25) is 0 Å². The molecule has 0 bridgehead atoms. The minimum absolute atomic E-state index is 0.0715.